The van der Waals surface area contributed by atoms with Gasteiger partial charge in [0.05, 0.1) is 20.8 Å². The van der Waals surface area contributed by atoms with E-state index in [0.29, 0.717) is 23.3 Å². The maximum Gasteiger partial charge on any atom is 0.247 e. The zero-order valence-corrected chi connectivity index (χ0v) is 13.0. The Hall–Kier alpha value is -2.08. The minimum absolute atomic E-state index is 0.507. The monoisotopic (exact) mass is 303 g/mol. The summed E-state index contributed by atoms with van der Waals surface area (Å²) in [5, 5.41) is 8.30. The molecule has 1 aromatic carbocycles. The fourth-order valence-corrected chi connectivity index (χ4v) is 2.71. The molecule has 22 heavy (non-hydrogen) atoms. The van der Waals surface area contributed by atoms with E-state index in [1.165, 1.54) is 19.3 Å². The quantitative estimate of drug-likeness (QED) is 0.846. The maximum absolute atomic E-state index is 5.79. The number of aromatic nitrogens is 2. The Balaban J connectivity index is 1.75. The van der Waals surface area contributed by atoms with Crippen LogP contribution in [0.4, 0.5) is 0 Å². The van der Waals surface area contributed by atoms with E-state index < -0.39 is 0 Å². The van der Waals surface area contributed by atoms with Crippen molar-refractivity contribution in [1.29, 1.82) is 0 Å². The molecule has 2 heterocycles. The number of hydrogen-bond acceptors (Lipinski definition) is 6. The molecule has 1 aliphatic heterocycles. The molecule has 1 aliphatic rings. The summed E-state index contributed by atoms with van der Waals surface area (Å²) in [6.45, 7) is 2.93. The van der Waals surface area contributed by atoms with Crippen LogP contribution in [0.15, 0.2) is 22.6 Å². The molecule has 3 rings (SSSR count). The topological polar surface area (TPSA) is 60.6 Å². The molecular weight excluding hydrogens is 282 g/mol. The average molecular weight is 303 g/mol. The van der Waals surface area contributed by atoms with Gasteiger partial charge < -0.3 is 13.9 Å². The first kappa shape index (κ1) is 14.8. The lowest BCUT2D eigenvalue weighted by Gasteiger charge is -2.24. The molecule has 6 heteroatoms. The van der Waals surface area contributed by atoms with Gasteiger partial charge in [-0.3, -0.25) is 4.90 Å². The van der Waals surface area contributed by atoms with Crippen molar-refractivity contribution in [3.8, 4) is 23.0 Å². The second-order valence-corrected chi connectivity index (χ2v) is 5.41. The van der Waals surface area contributed by atoms with Crippen molar-refractivity contribution in [3.63, 3.8) is 0 Å². The molecule has 0 saturated carbocycles. The Morgan fingerprint density at radius 1 is 1.05 bits per heavy atom. The molecule has 6 nitrogen and oxygen atoms in total. The summed E-state index contributed by atoms with van der Waals surface area (Å²) in [7, 11) is 3.22. The third kappa shape index (κ3) is 3.22. The SMILES string of the molecule is COc1ccc(-c2nnc(CN3CCCCC3)o2)cc1OC. The van der Waals surface area contributed by atoms with Crippen molar-refractivity contribution in [2.75, 3.05) is 27.3 Å². The zero-order chi connectivity index (χ0) is 15.4. The van der Waals surface area contributed by atoms with Crippen LogP contribution in [0.25, 0.3) is 11.5 Å². The van der Waals surface area contributed by atoms with Gasteiger partial charge in [-0.1, -0.05) is 6.42 Å². The van der Waals surface area contributed by atoms with Crippen molar-refractivity contribution in [2.24, 2.45) is 0 Å². The molecule has 1 saturated heterocycles. The van der Waals surface area contributed by atoms with Crippen LogP contribution in [-0.4, -0.2) is 42.4 Å². The standard InChI is InChI=1S/C16H21N3O3/c1-20-13-7-6-12(10-14(13)21-2)16-18-17-15(22-16)11-19-8-4-3-5-9-19/h6-7,10H,3-5,8-9,11H2,1-2H3. The van der Waals surface area contributed by atoms with E-state index in [-0.39, 0.29) is 0 Å². The lowest BCUT2D eigenvalue weighted by Crippen LogP contribution is -2.29. The Morgan fingerprint density at radius 3 is 2.55 bits per heavy atom. The summed E-state index contributed by atoms with van der Waals surface area (Å²) < 4.78 is 16.3. The Kier molecular flexibility index (Phi) is 4.58. The van der Waals surface area contributed by atoms with Crippen molar-refractivity contribution >= 4 is 0 Å². The molecular formula is C16H21N3O3. The third-order valence-electron chi connectivity index (χ3n) is 3.90. The first-order valence-electron chi connectivity index (χ1n) is 7.57. The molecule has 0 radical (unpaired) electrons. The van der Waals surface area contributed by atoms with Gasteiger partial charge >= 0.3 is 0 Å². The van der Waals surface area contributed by atoms with E-state index in [1.807, 2.05) is 18.2 Å². The lowest BCUT2D eigenvalue weighted by molar-refractivity contribution is 0.202. The minimum Gasteiger partial charge on any atom is -0.493 e. The molecule has 0 spiro atoms. The predicted molar refractivity (Wildman–Crippen MR) is 82.0 cm³/mol. The van der Waals surface area contributed by atoms with Crippen LogP contribution >= 0.6 is 0 Å². The molecule has 0 unspecified atom stereocenters. The van der Waals surface area contributed by atoms with Crippen molar-refractivity contribution in [1.82, 2.24) is 15.1 Å². The summed E-state index contributed by atoms with van der Waals surface area (Å²) in [5.41, 5.74) is 0.829. The maximum atomic E-state index is 5.79. The summed E-state index contributed by atoms with van der Waals surface area (Å²) in [4.78, 5) is 2.36. The largest absolute Gasteiger partial charge is 0.493 e. The Morgan fingerprint density at radius 2 is 1.82 bits per heavy atom. The van der Waals surface area contributed by atoms with E-state index in [1.54, 1.807) is 14.2 Å². The summed E-state index contributed by atoms with van der Waals surface area (Å²) >= 11 is 0. The van der Waals surface area contributed by atoms with Crippen molar-refractivity contribution in [3.05, 3.63) is 24.1 Å². The van der Waals surface area contributed by atoms with Crippen LogP contribution in [0.5, 0.6) is 11.5 Å². The summed E-state index contributed by atoms with van der Waals surface area (Å²) in [6, 6.07) is 5.57. The van der Waals surface area contributed by atoms with Crippen LogP contribution in [0.3, 0.4) is 0 Å². The van der Waals surface area contributed by atoms with Gasteiger partial charge in [0.15, 0.2) is 11.5 Å². The lowest BCUT2D eigenvalue weighted by atomic mass is 10.1. The second-order valence-electron chi connectivity index (χ2n) is 5.41. The highest BCUT2D eigenvalue weighted by molar-refractivity contribution is 5.59. The molecule has 1 fully saturated rings. The number of ether oxygens (including phenoxy) is 2. The fraction of sp³-hybridized carbons (Fsp3) is 0.500. The fourth-order valence-electron chi connectivity index (χ4n) is 2.71. The molecule has 0 aliphatic carbocycles. The number of rotatable bonds is 5. The van der Waals surface area contributed by atoms with Gasteiger partial charge in [0.2, 0.25) is 11.8 Å². The second kappa shape index (κ2) is 6.79. The number of piperidine rings is 1. The molecule has 0 atom stereocenters. The van der Waals surface area contributed by atoms with Crippen molar-refractivity contribution in [2.45, 2.75) is 25.8 Å². The predicted octanol–water partition coefficient (Wildman–Crippen LogP) is 2.74. The van der Waals surface area contributed by atoms with E-state index in [0.717, 1.165) is 25.2 Å². The number of hydrogen-bond donors (Lipinski definition) is 0. The molecule has 0 amide bonds. The summed E-state index contributed by atoms with van der Waals surface area (Å²) in [5.74, 6) is 2.50. The smallest absolute Gasteiger partial charge is 0.247 e. The highest BCUT2D eigenvalue weighted by Gasteiger charge is 2.16. The number of likely N-dealkylation sites (tertiary alicyclic amines) is 1. The highest BCUT2D eigenvalue weighted by Crippen LogP contribution is 2.31. The van der Waals surface area contributed by atoms with E-state index in [9.17, 15) is 0 Å². The molecule has 0 N–H and O–H groups in total. The van der Waals surface area contributed by atoms with Gasteiger partial charge in [-0.05, 0) is 44.1 Å². The van der Waals surface area contributed by atoms with Crippen LogP contribution in [0.1, 0.15) is 25.2 Å². The van der Waals surface area contributed by atoms with E-state index in [4.69, 9.17) is 13.9 Å². The molecule has 1 aromatic heterocycles. The molecule has 2 aromatic rings. The average Bonchev–Trinajstić information content (AvgIpc) is 3.03. The number of nitrogens with zero attached hydrogens (tertiary/aromatic N) is 3. The van der Waals surface area contributed by atoms with Crippen LogP contribution < -0.4 is 9.47 Å². The van der Waals surface area contributed by atoms with Gasteiger partial charge in [0.25, 0.3) is 0 Å². The minimum atomic E-state index is 0.507. The highest BCUT2D eigenvalue weighted by atomic mass is 16.5. The normalized spacial score (nSPS) is 15.7. The van der Waals surface area contributed by atoms with Gasteiger partial charge in [0, 0.05) is 5.56 Å². The van der Waals surface area contributed by atoms with Crippen LogP contribution in [0.2, 0.25) is 0 Å². The van der Waals surface area contributed by atoms with Gasteiger partial charge in [-0.15, -0.1) is 10.2 Å². The van der Waals surface area contributed by atoms with E-state index in [2.05, 4.69) is 15.1 Å². The van der Waals surface area contributed by atoms with Gasteiger partial charge in [-0.2, -0.15) is 0 Å². The van der Waals surface area contributed by atoms with Crippen LogP contribution in [0, 0.1) is 0 Å². The third-order valence-corrected chi connectivity index (χ3v) is 3.90. The Labute approximate surface area is 130 Å². The molecule has 0 bridgehead atoms. The molecule has 118 valence electrons. The number of methoxy groups -OCH3 is 2. The Bertz CT molecular complexity index is 621. The van der Waals surface area contributed by atoms with Crippen LogP contribution in [-0.2, 0) is 6.54 Å². The zero-order valence-electron chi connectivity index (χ0n) is 13.0. The first-order chi connectivity index (χ1) is 10.8. The van der Waals surface area contributed by atoms with E-state index >= 15 is 0 Å². The number of benzene rings is 1. The van der Waals surface area contributed by atoms with Crippen molar-refractivity contribution < 1.29 is 13.9 Å². The summed E-state index contributed by atoms with van der Waals surface area (Å²) in [6.07, 6.45) is 3.81. The van der Waals surface area contributed by atoms with Gasteiger partial charge in [0.1, 0.15) is 0 Å². The van der Waals surface area contributed by atoms with Gasteiger partial charge in [-0.25, -0.2) is 0 Å². The first-order valence-corrected chi connectivity index (χ1v) is 7.57.